The number of nitrogens with zero attached hydrogens (tertiary/aromatic N) is 3. The molecule has 0 bridgehead atoms. The maximum atomic E-state index is 11.5. The van der Waals surface area contributed by atoms with Gasteiger partial charge >= 0.3 is 5.69 Å². The highest BCUT2D eigenvalue weighted by Crippen LogP contribution is 2.33. The van der Waals surface area contributed by atoms with E-state index in [1.165, 1.54) is 0 Å². The zero-order valence-corrected chi connectivity index (χ0v) is 11.5. The summed E-state index contributed by atoms with van der Waals surface area (Å²) in [5.41, 5.74) is 0.902. The lowest BCUT2D eigenvalue weighted by atomic mass is 10.0. The highest BCUT2D eigenvalue weighted by Gasteiger charge is 2.40. The summed E-state index contributed by atoms with van der Waals surface area (Å²) in [4.78, 5) is 17.9. The van der Waals surface area contributed by atoms with Crippen LogP contribution in [-0.4, -0.2) is 40.4 Å². The molecular weight excluding hydrogens is 288 g/mol. The first-order chi connectivity index (χ1) is 9.26. The number of rotatable bonds is 4. The van der Waals surface area contributed by atoms with Gasteiger partial charge in [-0.1, -0.05) is 0 Å². The lowest BCUT2D eigenvalue weighted by Crippen LogP contribution is -2.36. The molecular formula is C9H14N6O4S. The summed E-state index contributed by atoms with van der Waals surface area (Å²) < 4.78 is 23.1. The minimum Gasteiger partial charge on any atom is -0.358 e. The minimum atomic E-state index is -3.14. The van der Waals surface area contributed by atoms with Crippen LogP contribution in [0.2, 0.25) is 0 Å². The monoisotopic (exact) mass is 302 g/mol. The van der Waals surface area contributed by atoms with E-state index in [9.17, 15) is 18.5 Å². The fraction of sp³-hybridized carbons (Fsp3) is 0.556. The molecule has 2 heterocycles. The lowest BCUT2D eigenvalue weighted by Gasteiger charge is -2.24. The maximum absolute atomic E-state index is 11.5. The predicted octanol–water partition coefficient (Wildman–Crippen LogP) is -0.340. The topological polar surface area (TPSA) is 153 Å². The van der Waals surface area contributed by atoms with E-state index >= 15 is 0 Å². The molecule has 0 amide bonds. The molecule has 1 saturated heterocycles. The third-order valence-electron chi connectivity index (χ3n) is 3.07. The Bertz CT molecular complexity index is 648. The van der Waals surface area contributed by atoms with Gasteiger partial charge in [0.15, 0.2) is 9.84 Å². The summed E-state index contributed by atoms with van der Waals surface area (Å²) in [5.74, 6) is 4.91. The molecule has 1 unspecified atom stereocenters. The minimum absolute atomic E-state index is 0.0391. The van der Waals surface area contributed by atoms with Gasteiger partial charge in [-0.3, -0.25) is 10.1 Å². The summed E-state index contributed by atoms with van der Waals surface area (Å²) in [7, 11) is -3.14. The quantitative estimate of drug-likeness (QED) is 0.385. The van der Waals surface area contributed by atoms with E-state index in [1.807, 2.05) is 0 Å². The Kier molecular flexibility index (Phi) is 3.48. The van der Waals surface area contributed by atoms with Crippen molar-refractivity contribution in [3.63, 3.8) is 0 Å². The largest absolute Gasteiger partial charge is 0.358 e. The van der Waals surface area contributed by atoms with E-state index in [2.05, 4.69) is 20.7 Å². The van der Waals surface area contributed by atoms with Crippen LogP contribution < -0.4 is 16.6 Å². The van der Waals surface area contributed by atoms with E-state index in [0.717, 1.165) is 6.33 Å². The van der Waals surface area contributed by atoms with Crippen LogP contribution in [0.5, 0.6) is 0 Å². The number of hydrazine groups is 1. The summed E-state index contributed by atoms with van der Waals surface area (Å²) in [6.07, 6.45) is 1.46. The van der Waals surface area contributed by atoms with Crippen molar-refractivity contribution in [3.8, 4) is 0 Å². The van der Waals surface area contributed by atoms with Gasteiger partial charge in [0, 0.05) is 0 Å². The predicted molar refractivity (Wildman–Crippen MR) is 71.8 cm³/mol. The first kappa shape index (κ1) is 14.4. The second-order valence-corrected chi connectivity index (χ2v) is 7.03. The highest BCUT2D eigenvalue weighted by molar-refractivity contribution is 7.91. The Morgan fingerprint density at radius 2 is 2.10 bits per heavy atom. The van der Waals surface area contributed by atoms with Crippen molar-refractivity contribution < 1.29 is 13.3 Å². The molecule has 1 fully saturated rings. The van der Waals surface area contributed by atoms with Gasteiger partial charge in [-0.05, 0) is 13.3 Å². The van der Waals surface area contributed by atoms with Crippen molar-refractivity contribution in [1.82, 2.24) is 9.97 Å². The van der Waals surface area contributed by atoms with Crippen LogP contribution in [0.25, 0.3) is 0 Å². The first-order valence-electron chi connectivity index (χ1n) is 5.71. The number of hydrogen-bond acceptors (Lipinski definition) is 9. The molecule has 1 aliphatic rings. The third-order valence-corrected chi connectivity index (χ3v) is 4.97. The molecule has 2 rings (SSSR count). The van der Waals surface area contributed by atoms with Gasteiger partial charge in [0.1, 0.15) is 6.33 Å². The van der Waals surface area contributed by atoms with Gasteiger partial charge in [0.25, 0.3) is 0 Å². The van der Waals surface area contributed by atoms with Crippen molar-refractivity contribution in [2.45, 2.75) is 18.9 Å². The highest BCUT2D eigenvalue weighted by atomic mass is 32.2. The van der Waals surface area contributed by atoms with Crippen LogP contribution in [0.3, 0.4) is 0 Å². The number of anilines is 2. The van der Waals surface area contributed by atoms with E-state index in [0.29, 0.717) is 6.42 Å². The van der Waals surface area contributed by atoms with Crippen LogP contribution in [0.4, 0.5) is 17.3 Å². The molecule has 1 aromatic rings. The summed E-state index contributed by atoms with van der Waals surface area (Å²) in [5, 5.41) is 13.9. The van der Waals surface area contributed by atoms with Crippen molar-refractivity contribution in [2.24, 2.45) is 5.84 Å². The van der Waals surface area contributed by atoms with Crippen molar-refractivity contribution in [1.29, 1.82) is 0 Å². The lowest BCUT2D eigenvalue weighted by molar-refractivity contribution is -0.383. The molecule has 11 heteroatoms. The average molecular weight is 302 g/mol. The Morgan fingerprint density at radius 1 is 1.45 bits per heavy atom. The van der Waals surface area contributed by atoms with Crippen molar-refractivity contribution >= 4 is 27.2 Å². The zero-order valence-electron chi connectivity index (χ0n) is 10.7. The molecule has 4 N–H and O–H groups in total. The third kappa shape index (κ3) is 2.77. The standard InChI is InChI=1S/C9H14N6O4S/c1-9(2-3-20(18,19)4-9)13-7-6(15(16)17)8(14-10)12-5-11-7/h5H,2-4,10H2,1H3,(H2,11,12,13,14). The van der Waals surface area contributed by atoms with Crippen molar-refractivity contribution in [3.05, 3.63) is 16.4 Å². The molecule has 110 valence electrons. The summed E-state index contributed by atoms with van der Waals surface area (Å²) in [6.45, 7) is 1.68. The molecule has 0 radical (unpaired) electrons. The Morgan fingerprint density at radius 3 is 2.60 bits per heavy atom. The number of sulfone groups is 1. The van der Waals surface area contributed by atoms with Crippen molar-refractivity contribution in [2.75, 3.05) is 22.2 Å². The zero-order chi connectivity index (χ0) is 15.0. The molecule has 0 aromatic carbocycles. The van der Waals surface area contributed by atoms with E-state index in [1.54, 1.807) is 6.92 Å². The molecule has 0 spiro atoms. The molecule has 1 atom stereocenters. The van der Waals surface area contributed by atoms with Gasteiger partial charge in [0.05, 0.1) is 22.0 Å². The number of hydrogen-bond donors (Lipinski definition) is 3. The number of nitrogen functional groups attached to an aromatic ring is 1. The van der Waals surface area contributed by atoms with Crippen LogP contribution in [0.1, 0.15) is 13.3 Å². The number of nitro groups is 1. The fourth-order valence-electron chi connectivity index (χ4n) is 2.14. The SMILES string of the molecule is CC1(Nc2ncnc(NN)c2[N+](=O)[O-])CCS(=O)(=O)C1. The second-order valence-electron chi connectivity index (χ2n) is 4.85. The summed E-state index contributed by atoms with van der Waals surface area (Å²) in [6, 6.07) is 0. The maximum Gasteiger partial charge on any atom is 0.354 e. The molecule has 0 saturated carbocycles. The molecule has 1 aliphatic heterocycles. The van der Waals surface area contributed by atoms with Gasteiger partial charge in [-0.2, -0.15) is 0 Å². The normalized spacial score (nSPS) is 24.3. The van der Waals surface area contributed by atoms with Crippen LogP contribution in [-0.2, 0) is 9.84 Å². The Hall–Kier alpha value is -2.01. The van der Waals surface area contributed by atoms with Gasteiger partial charge in [0.2, 0.25) is 11.6 Å². The van der Waals surface area contributed by atoms with Crippen LogP contribution in [0, 0.1) is 10.1 Å². The van der Waals surface area contributed by atoms with Crippen LogP contribution >= 0.6 is 0 Å². The summed E-state index contributed by atoms with van der Waals surface area (Å²) >= 11 is 0. The van der Waals surface area contributed by atoms with Gasteiger partial charge in [-0.15, -0.1) is 0 Å². The Labute approximate surface area is 114 Å². The van der Waals surface area contributed by atoms with Gasteiger partial charge < -0.3 is 10.7 Å². The molecule has 1 aromatic heterocycles. The molecule has 10 nitrogen and oxygen atoms in total. The average Bonchev–Trinajstić information content (AvgIpc) is 2.62. The number of nitrogens with two attached hydrogens (primary N) is 1. The molecule has 20 heavy (non-hydrogen) atoms. The van der Waals surface area contributed by atoms with Gasteiger partial charge in [-0.25, -0.2) is 24.2 Å². The number of aromatic nitrogens is 2. The fourth-order valence-corrected chi connectivity index (χ4v) is 4.24. The van der Waals surface area contributed by atoms with E-state index < -0.39 is 26.0 Å². The smallest absolute Gasteiger partial charge is 0.354 e. The first-order valence-corrected chi connectivity index (χ1v) is 7.53. The number of nitrogens with one attached hydrogen (secondary N) is 2. The van der Waals surface area contributed by atoms with E-state index in [-0.39, 0.29) is 23.1 Å². The molecule has 0 aliphatic carbocycles. The Balaban J connectivity index is 2.37. The second kappa shape index (κ2) is 4.83. The van der Waals surface area contributed by atoms with E-state index in [4.69, 9.17) is 5.84 Å². The van der Waals surface area contributed by atoms with Crippen LogP contribution in [0.15, 0.2) is 6.33 Å².